The molecule has 1 aromatic rings. The molecule has 1 amide bonds. The minimum Gasteiger partial charge on any atom is -0.352 e. The fourth-order valence-corrected chi connectivity index (χ4v) is 1.37. The van der Waals surface area contributed by atoms with Gasteiger partial charge >= 0.3 is 0 Å². The van der Waals surface area contributed by atoms with E-state index in [1.807, 2.05) is 19.9 Å². The number of aryl methyl sites for hydroxylation is 1. The predicted molar refractivity (Wildman–Crippen MR) is 66.7 cm³/mol. The summed E-state index contributed by atoms with van der Waals surface area (Å²) >= 11 is 5.95. The van der Waals surface area contributed by atoms with Crippen LogP contribution < -0.4 is 11.1 Å². The Labute approximate surface area is 101 Å². The molecule has 0 radical (unpaired) electrons. The van der Waals surface area contributed by atoms with E-state index in [0.29, 0.717) is 23.7 Å². The van der Waals surface area contributed by atoms with Crippen molar-refractivity contribution in [3.63, 3.8) is 0 Å². The minimum absolute atomic E-state index is 0.109. The van der Waals surface area contributed by atoms with Crippen molar-refractivity contribution in [2.45, 2.75) is 13.8 Å². The molecule has 0 aromatic heterocycles. The molecular formula is C12H17ClN2O. The number of halogens is 1. The van der Waals surface area contributed by atoms with Crippen LogP contribution in [-0.2, 0) is 0 Å². The monoisotopic (exact) mass is 240 g/mol. The van der Waals surface area contributed by atoms with E-state index in [0.717, 1.165) is 5.56 Å². The van der Waals surface area contributed by atoms with Gasteiger partial charge in [0.2, 0.25) is 0 Å². The second-order valence-corrected chi connectivity index (χ2v) is 4.42. The smallest absolute Gasteiger partial charge is 0.251 e. The van der Waals surface area contributed by atoms with Gasteiger partial charge in [-0.2, -0.15) is 0 Å². The van der Waals surface area contributed by atoms with E-state index < -0.39 is 0 Å². The lowest BCUT2D eigenvalue weighted by molar-refractivity contribution is 0.0948. The summed E-state index contributed by atoms with van der Waals surface area (Å²) in [5.74, 6) is 0.173. The minimum atomic E-state index is -0.109. The van der Waals surface area contributed by atoms with Crippen LogP contribution in [0.15, 0.2) is 18.2 Å². The molecule has 16 heavy (non-hydrogen) atoms. The first-order valence-corrected chi connectivity index (χ1v) is 5.66. The predicted octanol–water partition coefficient (Wildman–Crippen LogP) is 1.97. The first-order valence-electron chi connectivity index (χ1n) is 5.29. The summed E-state index contributed by atoms with van der Waals surface area (Å²) in [5, 5.41) is 3.43. The third-order valence-electron chi connectivity index (χ3n) is 2.45. The van der Waals surface area contributed by atoms with Crippen LogP contribution in [0.25, 0.3) is 0 Å². The standard InChI is InChI=1S/C12H17ClN2O/c1-8(6-14)7-15-12(16)10-4-3-9(2)11(13)5-10/h3-5,8H,6-7,14H2,1-2H3,(H,15,16). The molecule has 0 fully saturated rings. The molecule has 1 aromatic carbocycles. The highest BCUT2D eigenvalue weighted by Gasteiger charge is 2.08. The van der Waals surface area contributed by atoms with E-state index in [4.69, 9.17) is 17.3 Å². The maximum absolute atomic E-state index is 11.7. The van der Waals surface area contributed by atoms with Gasteiger partial charge in [-0.15, -0.1) is 0 Å². The molecule has 0 aliphatic heterocycles. The van der Waals surface area contributed by atoms with Crippen LogP contribution in [0.5, 0.6) is 0 Å². The summed E-state index contributed by atoms with van der Waals surface area (Å²) in [6.45, 7) is 5.04. The zero-order chi connectivity index (χ0) is 12.1. The SMILES string of the molecule is Cc1ccc(C(=O)NCC(C)CN)cc1Cl. The lowest BCUT2D eigenvalue weighted by atomic mass is 10.1. The van der Waals surface area contributed by atoms with Crippen LogP contribution in [0.3, 0.4) is 0 Å². The van der Waals surface area contributed by atoms with Crippen molar-refractivity contribution >= 4 is 17.5 Å². The molecule has 3 nitrogen and oxygen atoms in total. The lowest BCUT2D eigenvalue weighted by Gasteiger charge is -2.10. The van der Waals surface area contributed by atoms with E-state index in [-0.39, 0.29) is 11.8 Å². The van der Waals surface area contributed by atoms with E-state index in [9.17, 15) is 4.79 Å². The number of carbonyl (C=O) groups is 1. The molecule has 0 bridgehead atoms. The molecule has 0 saturated carbocycles. The maximum Gasteiger partial charge on any atom is 0.251 e. The summed E-state index contributed by atoms with van der Waals surface area (Å²) in [4.78, 5) is 11.7. The van der Waals surface area contributed by atoms with Crippen molar-refractivity contribution in [2.75, 3.05) is 13.1 Å². The van der Waals surface area contributed by atoms with Gasteiger partial charge in [0.15, 0.2) is 0 Å². The summed E-state index contributed by atoms with van der Waals surface area (Å²) in [6, 6.07) is 5.28. The normalized spacial score (nSPS) is 12.2. The number of nitrogens with two attached hydrogens (primary N) is 1. The molecular weight excluding hydrogens is 224 g/mol. The van der Waals surface area contributed by atoms with Crippen LogP contribution in [0, 0.1) is 12.8 Å². The molecule has 3 N–H and O–H groups in total. The summed E-state index contributed by atoms with van der Waals surface area (Å²) < 4.78 is 0. The Balaban J connectivity index is 2.63. The number of amides is 1. The first kappa shape index (κ1) is 13.0. The third kappa shape index (κ3) is 3.51. The van der Waals surface area contributed by atoms with Crippen molar-refractivity contribution in [1.29, 1.82) is 0 Å². The number of rotatable bonds is 4. The van der Waals surface area contributed by atoms with Crippen molar-refractivity contribution < 1.29 is 4.79 Å². The molecule has 0 heterocycles. The second-order valence-electron chi connectivity index (χ2n) is 4.01. The van der Waals surface area contributed by atoms with Gasteiger partial charge in [-0.05, 0) is 37.1 Å². The Kier molecular flexibility index (Phi) is 4.77. The van der Waals surface area contributed by atoms with E-state index in [2.05, 4.69) is 5.32 Å². The van der Waals surface area contributed by atoms with Crippen molar-refractivity contribution in [1.82, 2.24) is 5.32 Å². The topological polar surface area (TPSA) is 55.1 Å². The van der Waals surface area contributed by atoms with Gasteiger partial charge in [-0.1, -0.05) is 24.6 Å². The molecule has 0 aliphatic carbocycles. The molecule has 1 unspecified atom stereocenters. The van der Waals surface area contributed by atoms with Gasteiger partial charge in [0.05, 0.1) is 0 Å². The highest BCUT2D eigenvalue weighted by Crippen LogP contribution is 2.16. The molecule has 0 saturated heterocycles. The highest BCUT2D eigenvalue weighted by atomic mass is 35.5. The van der Waals surface area contributed by atoms with E-state index in [1.165, 1.54) is 0 Å². The largest absolute Gasteiger partial charge is 0.352 e. The molecule has 88 valence electrons. The average molecular weight is 241 g/mol. The Morgan fingerprint density at radius 3 is 2.81 bits per heavy atom. The summed E-state index contributed by atoms with van der Waals surface area (Å²) in [5.41, 5.74) is 7.02. The molecule has 4 heteroatoms. The fourth-order valence-electron chi connectivity index (χ4n) is 1.19. The maximum atomic E-state index is 11.7. The average Bonchev–Trinajstić information content (AvgIpc) is 2.29. The Hall–Kier alpha value is -1.06. The van der Waals surface area contributed by atoms with Gasteiger partial charge in [0.25, 0.3) is 5.91 Å². The van der Waals surface area contributed by atoms with Gasteiger partial charge in [-0.25, -0.2) is 0 Å². The van der Waals surface area contributed by atoms with E-state index >= 15 is 0 Å². The summed E-state index contributed by atoms with van der Waals surface area (Å²) in [6.07, 6.45) is 0. The fraction of sp³-hybridized carbons (Fsp3) is 0.417. The second kappa shape index (κ2) is 5.87. The zero-order valence-corrected chi connectivity index (χ0v) is 10.3. The van der Waals surface area contributed by atoms with Gasteiger partial charge in [-0.3, -0.25) is 4.79 Å². The molecule has 0 spiro atoms. The lowest BCUT2D eigenvalue weighted by Crippen LogP contribution is -2.31. The third-order valence-corrected chi connectivity index (χ3v) is 2.85. The number of benzene rings is 1. The number of nitrogens with one attached hydrogen (secondary N) is 1. The van der Waals surface area contributed by atoms with Gasteiger partial charge in [0.1, 0.15) is 0 Å². The summed E-state index contributed by atoms with van der Waals surface area (Å²) in [7, 11) is 0. The van der Waals surface area contributed by atoms with Crippen LogP contribution in [0.1, 0.15) is 22.8 Å². The van der Waals surface area contributed by atoms with E-state index in [1.54, 1.807) is 12.1 Å². The number of carbonyl (C=O) groups excluding carboxylic acids is 1. The quantitative estimate of drug-likeness (QED) is 0.846. The van der Waals surface area contributed by atoms with Crippen LogP contribution >= 0.6 is 11.6 Å². The van der Waals surface area contributed by atoms with Crippen molar-refractivity contribution in [3.05, 3.63) is 34.3 Å². The van der Waals surface area contributed by atoms with Crippen LogP contribution in [0.2, 0.25) is 5.02 Å². The molecule has 1 atom stereocenters. The molecule has 1 rings (SSSR count). The Bertz CT molecular complexity index is 379. The number of hydrogen-bond acceptors (Lipinski definition) is 2. The highest BCUT2D eigenvalue weighted by molar-refractivity contribution is 6.31. The van der Waals surface area contributed by atoms with Crippen LogP contribution in [0.4, 0.5) is 0 Å². The van der Waals surface area contributed by atoms with Crippen LogP contribution in [-0.4, -0.2) is 19.0 Å². The first-order chi connectivity index (χ1) is 7.54. The molecule has 0 aliphatic rings. The Morgan fingerprint density at radius 1 is 1.56 bits per heavy atom. The zero-order valence-electron chi connectivity index (χ0n) is 9.59. The van der Waals surface area contributed by atoms with Gasteiger partial charge < -0.3 is 11.1 Å². The van der Waals surface area contributed by atoms with Crippen molar-refractivity contribution in [2.24, 2.45) is 11.7 Å². The number of hydrogen-bond donors (Lipinski definition) is 2. The van der Waals surface area contributed by atoms with Gasteiger partial charge in [0, 0.05) is 17.1 Å². The van der Waals surface area contributed by atoms with Crippen molar-refractivity contribution in [3.8, 4) is 0 Å². The Morgan fingerprint density at radius 2 is 2.25 bits per heavy atom.